The molecule has 0 fully saturated rings. The minimum Gasteiger partial charge on any atom is -0.303 e. The predicted octanol–water partition coefficient (Wildman–Crippen LogP) is 5.91. The van der Waals surface area contributed by atoms with E-state index in [0.717, 1.165) is 0 Å². The van der Waals surface area contributed by atoms with E-state index in [9.17, 15) is 4.39 Å². The summed E-state index contributed by atoms with van der Waals surface area (Å²) < 4.78 is 13.6. The van der Waals surface area contributed by atoms with Crippen LogP contribution in [-0.2, 0) is 0 Å². The molecule has 20 heavy (non-hydrogen) atoms. The van der Waals surface area contributed by atoms with Crippen molar-refractivity contribution in [3.63, 3.8) is 0 Å². The zero-order valence-electron chi connectivity index (χ0n) is 11.5. The summed E-state index contributed by atoms with van der Waals surface area (Å²) >= 11 is 13.6. The van der Waals surface area contributed by atoms with Gasteiger partial charge in [-0.2, -0.15) is 0 Å². The Kier molecular flexibility index (Phi) is 5.08. The van der Waals surface area contributed by atoms with Crippen LogP contribution >= 0.6 is 34.5 Å². The van der Waals surface area contributed by atoms with Crippen LogP contribution in [0.25, 0.3) is 0 Å². The molecule has 0 spiro atoms. The van der Waals surface area contributed by atoms with E-state index in [1.165, 1.54) is 21.9 Å². The second-order valence-electron chi connectivity index (χ2n) is 4.85. The second kappa shape index (κ2) is 6.44. The zero-order valence-corrected chi connectivity index (χ0v) is 13.8. The summed E-state index contributed by atoms with van der Waals surface area (Å²) in [5, 5.41) is 3.96. The molecule has 1 aromatic heterocycles. The standard InChI is InChI=1S/C15H16Cl2FNS/c1-8-4-5-15(20-8)10(3)19-9(2)11-6-14(18)13(17)7-12(11)16/h4-7,9-10,19H,1-3H3. The Morgan fingerprint density at radius 3 is 2.40 bits per heavy atom. The number of aryl methyl sites for hydroxylation is 1. The summed E-state index contributed by atoms with van der Waals surface area (Å²) in [7, 11) is 0. The van der Waals surface area contributed by atoms with Gasteiger partial charge in [0, 0.05) is 26.9 Å². The summed E-state index contributed by atoms with van der Waals surface area (Å²) in [4.78, 5) is 2.52. The molecule has 0 radical (unpaired) electrons. The Hall–Kier alpha value is -0.610. The minimum atomic E-state index is -0.445. The van der Waals surface area contributed by atoms with Crippen LogP contribution in [0.3, 0.4) is 0 Å². The molecule has 0 amide bonds. The number of halogens is 3. The predicted molar refractivity (Wildman–Crippen MR) is 85.4 cm³/mol. The quantitative estimate of drug-likeness (QED) is 0.686. The molecule has 5 heteroatoms. The lowest BCUT2D eigenvalue weighted by Gasteiger charge is -2.20. The second-order valence-corrected chi connectivity index (χ2v) is 6.98. The van der Waals surface area contributed by atoms with Gasteiger partial charge in [0.1, 0.15) is 5.82 Å². The van der Waals surface area contributed by atoms with Gasteiger partial charge in [-0.15, -0.1) is 11.3 Å². The molecule has 2 rings (SSSR count). The number of hydrogen-bond donors (Lipinski definition) is 1. The van der Waals surface area contributed by atoms with Crippen molar-refractivity contribution in [3.8, 4) is 0 Å². The van der Waals surface area contributed by atoms with Crippen LogP contribution in [0.1, 0.15) is 41.2 Å². The van der Waals surface area contributed by atoms with Gasteiger partial charge in [0.15, 0.2) is 0 Å². The van der Waals surface area contributed by atoms with Crippen LogP contribution in [0.2, 0.25) is 10.0 Å². The molecule has 0 saturated carbocycles. The molecule has 0 aliphatic rings. The Morgan fingerprint density at radius 2 is 1.80 bits per heavy atom. The van der Waals surface area contributed by atoms with Gasteiger partial charge >= 0.3 is 0 Å². The highest BCUT2D eigenvalue weighted by molar-refractivity contribution is 7.12. The van der Waals surface area contributed by atoms with Crippen molar-refractivity contribution in [2.75, 3.05) is 0 Å². The summed E-state index contributed by atoms with van der Waals surface area (Å²) in [6.45, 7) is 6.13. The fraction of sp³-hybridized carbons (Fsp3) is 0.333. The van der Waals surface area contributed by atoms with E-state index in [4.69, 9.17) is 23.2 Å². The molecule has 2 atom stereocenters. The topological polar surface area (TPSA) is 12.0 Å². The lowest BCUT2D eigenvalue weighted by Crippen LogP contribution is -2.22. The van der Waals surface area contributed by atoms with Gasteiger partial charge in [-0.25, -0.2) is 4.39 Å². The van der Waals surface area contributed by atoms with Crippen molar-refractivity contribution in [1.29, 1.82) is 0 Å². The third-order valence-electron chi connectivity index (χ3n) is 3.19. The molecule has 0 bridgehead atoms. The first-order valence-electron chi connectivity index (χ1n) is 6.35. The number of benzene rings is 1. The molecule has 2 unspecified atom stereocenters. The van der Waals surface area contributed by atoms with Gasteiger partial charge < -0.3 is 5.32 Å². The van der Waals surface area contributed by atoms with E-state index >= 15 is 0 Å². The van der Waals surface area contributed by atoms with Crippen molar-refractivity contribution >= 4 is 34.5 Å². The summed E-state index contributed by atoms with van der Waals surface area (Å²) in [5.41, 5.74) is 0.716. The van der Waals surface area contributed by atoms with E-state index < -0.39 is 5.82 Å². The average molecular weight is 332 g/mol. The number of rotatable bonds is 4. The van der Waals surface area contributed by atoms with E-state index in [-0.39, 0.29) is 17.1 Å². The van der Waals surface area contributed by atoms with Crippen LogP contribution < -0.4 is 5.32 Å². The van der Waals surface area contributed by atoms with Crippen molar-refractivity contribution in [2.45, 2.75) is 32.9 Å². The van der Waals surface area contributed by atoms with E-state index in [1.807, 2.05) is 6.92 Å². The molecule has 0 aliphatic heterocycles. The summed E-state index contributed by atoms with van der Waals surface area (Å²) in [6, 6.07) is 7.16. The highest BCUT2D eigenvalue weighted by Crippen LogP contribution is 2.31. The average Bonchev–Trinajstić information content (AvgIpc) is 2.80. The highest BCUT2D eigenvalue weighted by atomic mass is 35.5. The molecule has 1 heterocycles. The lowest BCUT2D eigenvalue weighted by atomic mass is 10.1. The molecular weight excluding hydrogens is 316 g/mol. The third kappa shape index (κ3) is 3.53. The molecule has 2 aromatic rings. The molecular formula is C15H16Cl2FNS. The van der Waals surface area contributed by atoms with Crippen molar-refractivity contribution in [1.82, 2.24) is 5.32 Å². The van der Waals surface area contributed by atoms with Crippen LogP contribution in [-0.4, -0.2) is 0 Å². The van der Waals surface area contributed by atoms with Crippen molar-refractivity contribution in [2.24, 2.45) is 0 Å². The van der Waals surface area contributed by atoms with E-state index in [2.05, 4.69) is 31.3 Å². The van der Waals surface area contributed by atoms with E-state index in [1.54, 1.807) is 11.3 Å². The van der Waals surface area contributed by atoms with E-state index in [0.29, 0.717) is 10.6 Å². The van der Waals surface area contributed by atoms with Gasteiger partial charge in [0.05, 0.1) is 5.02 Å². The third-order valence-corrected chi connectivity index (χ3v) is 4.99. The van der Waals surface area contributed by atoms with Crippen LogP contribution in [0, 0.1) is 12.7 Å². The van der Waals surface area contributed by atoms with Crippen molar-refractivity contribution < 1.29 is 4.39 Å². The summed E-state index contributed by atoms with van der Waals surface area (Å²) in [5.74, 6) is -0.445. The molecule has 0 saturated heterocycles. The first-order chi connectivity index (χ1) is 9.38. The maximum absolute atomic E-state index is 13.6. The number of hydrogen-bond acceptors (Lipinski definition) is 2. The summed E-state index contributed by atoms with van der Waals surface area (Å²) in [6.07, 6.45) is 0. The fourth-order valence-electron chi connectivity index (χ4n) is 2.10. The molecule has 1 aromatic carbocycles. The minimum absolute atomic E-state index is 0.0490. The molecule has 108 valence electrons. The Balaban J connectivity index is 2.16. The van der Waals surface area contributed by atoms with Crippen molar-refractivity contribution in [3.05, 3.63) is 55.4 Å². The SMILES string of the molecule is Cc1ccc(C(C)NC(C)c2cc(F)c(Cl)cc2Cl)s1. The normalized spacial score (nSPS) is 14.3. The Labute approximate surface area is 132 Å². The lowest BCUT2D eigenvalue weighted by molar-refractivity contribution is 0.497. The van der Waals surface area contributed by atoms with Crippen LogP contribution in [0.5, 0.6) is 0 Å². The zero-order chi connectivity index (χ0) is 14.9. The molecule has 1 nitrogen and oxygen atoms in total. The Bertz CT molecular complexity index is 612. The maximum Gasteiger partial charge on any atom is 0.142 e. The first kappa shape index (κ1) is 15.8. The highest BCUT2D eigenvalue weighted by Gasteiger charge is 2.16. The van der Waals surface area contributed by atoms with Gasteiger partial charge in [-0.1, -0.05) is 23.2 Å². The van der Waals surface area contributed by atoms with Gasteiger partial charge in [-0.05, 0) is 50.6 Å². The fourth-order valence-corrected chi connectivity index (χ4v) is 3.54. The Morgan fingerprint density at radius 1 is 1.10 bits per heavy atom. The van der Waals surface area contributed by atoms with Crippen LogP contribution in [0.15, 0.2) is 24.3 Å². The van der Waals surface area contributed by atoms with Crippen LogP contribution in [0.4, 0.5) is 4.39 Å². The molecule has 0 aliphatic carbocycles. The number of nitrogens with one attached hydrogen (secondary N) is 1. The maximum atomic E-state index is 13.6. The monoisotopic (exact) mass is 331 g/mol. The number of thiophene rings is 1. The van der Waals surface area contributed by atoms with Gasteiger partial charge in [0.2, 0.25) is 0 Å². The van der Waals surface area contributed by atoms with Gasteiger partial charge in [0.25, 0.3) is 0 Å². The molecule has 1 N–H and O–H groups in total. The smallest absolute Gasteiger partial charge is 0.142 e. The largest absolute Gasteiger partial charge is 0.303 e. The van der Waals surface area contributed by atoms with Gasteiger partial charge in [-0.3, -0.25) is 0 Å². The first-order valence-corrected chi connectivity index (χ1v) is 7.92.